The predicted molar refractivity (Wildman–Crippen MR) is 91.6 cm³/mol. The number of guanidine groups is 1. The molecule has 0 N–H and O–H groups in total. The van der Waals surface area contributed by atoms with Gasteiger partial charge < -0.3 is 9.80 Å². The molecule has 1 aromatic heterocycles. The maximum absolute atomic E-state index is 4.74. The Morgan fingerprint density at radius 2 is 1.64 bits per heavy atom. The van der Waals surface area contributed by atoms with Crippen LogP contribution in [-0.2, 0) is 6.54 Å². The van der Waals surface area contributed by atoms with Crippen molar-refractivity contribution >= 4 is 5.96 Å². The van der Waals surface area contributed by atoms with Crippen LogP contribution >= 0.6 is 0 Å². The van der Waals surface area contributed by atoms with E-state index in [0.29, 0.717) is 6.54 Å². The molecule has 0 aliphatic rings. The van der Waals surface area contributed by atoms with Gasteiger partial charge in [0.2, 0.25) is 0 Å². The van der Waals surface area contributed by atoms with Gasteiger partial charge in [0, 0.05) is 39.4 Å². The van der Waals surface area contributed by atoms with Crippen LogP contribution in [0.3, 0.4) is 0 Å². The molecule has 118 valence electrons. The van der Waals surface area contributed by atoms with Crippen molar-refractivity contribution in [2.24, 2.45) is 4.99 Å². The van der Waals surface area contributed by atoms with Gasteiger partial charge in [-0.05, 0) is 26.0 Å². The lowest BCUT2D eigenvalue weighted by Crippen LogP contribution is -2.35. The maximum atomic E-state index is 4.74. The van der Waals surface area contributed by atoms with Crippen molar-refractivity contribution in [1.82, 2.24) is 19.6 Å². The van der Waals surface area contributed by atoms with Gasteiger partial charge in [-0.1, -0.05) is 18.2 Å². The monoisotopic (exact) mass is 299 g/mol. The normalized spacial score (nSPS) is 10.5. The Hall–Kier alpha value is -2.30. The minimum Gasteiger partial charge on any atom is -0.349 e. The summed E-state index contributed by atoms with van der Waals surface area (Å²) in [5.74, 6) is 0.950. The van der Waals surface area contributed by atoms with Crippen molar-refractivity contribution in [3.05, 3.63) is 47.3 Å². The molecule has 0 saturated carbocycles. The molecule has 0 radical (unpaired) electrons. The summed E-state index contributed by atoms with van der Waals surface area (Å²) >= 11 is 0. The Bertz CT molecular complexity index is 643. The number of hydrogen-bond donors (Lipinski definition) is 0. The zero-order chi connectivity index (χ0) is 16.3. The number of rotatable bonds is 3. The number of benzene rings is 1. The molecule has 0 saturated heterocycles. The average Bonchev–Trinajstić information content (AvgIpc) is 2.75. The van der Waals surface area contributed by atoms with E-state index in [0.717, 1.165) is 23.0 Å². The summed E-state index contributed by atoms with van der Waals surface area (Å²) in [5.41, 5.74) is 4.44. The molecule has 0 unspecified atom stereocenters. The highest BCUT2D eigenvalue weighted by Crippen LogP contribution is 2.18. The van der Waals surface area contributed by atoms with Gasteiger partial charge in [0.15, 0.2) is 5.96 Å². The third-order valence-electron chi connectivity index (χ3n) is 3.62. The van der Waals surface area contributed by atoms with Crippen LogP contribution in [0.15, 0.2) is 35.3 Å². The van der Waals surface area contributed by atoms with Crippen LogP contribution in [0.25, 0.3) is 5.69 Å². The molecule has 0 bridgehead atoms. The average molecular weight is 299 g/mol. The van der Waals surface area contributed by atoms with E-state index in [-0.39, 0.29) is 0 Å². The molecule has 0 spiro atoms. The van der Waals surface area contributed by atoms with Gasteiger partial charge in [0.25, 0.3) is 0 Å². The van der Waals surface area contributed by atoms with Gasteiger partial charge in [0.05, 0.1) is 17.9 Å². The van der Waals surface area contributed by atoms with Crippen LogP contribution in [0.1, 0.15) is 17.0 Å². The lowest BCUT2D eigenvalue weighted by molar-refractivity contribution is 0.479. The first-order valence-corrected chi connectivity index (χ1v) is 7.41. The molecule has 5 nitrogen and oxygen atoms in total. The summed E-state index contributed by atoms with van der Waals surface area (Å²) < 4.78 is 1.99. The summed E-state index contributed by atoms with van der Waals surface area (Å²) in [6.07, 6.45) is 0. The minimum atomic E-state index is 0.635. The van der Waals surface area contributed by atoms with Crippen molar-refractivity contribution in [1.29, 1.82) is 0 Å². The van der Waals surface area contributed by atoms with E-state index in [1.54, 1.807) is 0 Å². The number of para-hydroxylation sites is 1. The largest absolute Gasteiger partial charge is 0.349 e. The summed E-state index contributed by atoms with van der Waals surface area (Å²) in [7, 11) is 8.02. The van der Waals surface area contributed by atoms with Crippen LogP contribution in [0.5, 0.6) is 0 Å². The fourth-order valence-electron chi connectivity index (χ4n) is 2.56. The van der Waals surface area contributed by atoms with Crippen molar-refractivity contribution < 1.29 is 0 Å². The van der Waals surface area contributed by atoms with Gasteiger partial charge in [0.1, 0.15) is 0 Å². The molecular formula is C17H25N5. The zero-order valence-corrected chi connectivity index (χ0v) is 14.3. The number of aliphatic imine (C=N–C) groups is 1. The summed E-state index contributed by atoms with van der Waals surface area (Å²) in [6, 6.07) is 10.2. The third-order valence-corrected chi connectivity index (χ3v) is 3.62. The van der Waals surface area contributed by atoms with E-state index in [1.807, 2.05) is 67.8 Å². The fraction of sp³-hybridized carbons (Fsp3) is 0.412. The maximum Gasteiger partial charge on any atom is 0.195 e. The van der Waals surface area contributed by atoms with Crippen molar-refractivity contribution in [3.8, 4) is 5.69 Å². The van der Waals surface area contributed by atoms with Gasteiger partial charge in [-0.3, -0.25) is 0 Å². The lowest BCUT2D eigenvalue weighted by Gasteiger charge is -2.22. The van der Waals surface area contributed by atoms with Crippen molar-refractivity contribution in [3.63, 3.8) is 0 Å². The Labute approximate surface area is 132 Å². The molecule has 0 fully saturated rings. The Morgan fingerprint density at radius 3 is 2.18 bits per heavy atom. The summed E-state index contributed by atoms with van der Waals surface area (Å²) in [6.45, 7) is 4.78. The highest BCUT2D eigenvalue weighted by molar-refractivity contribution is 5.79. The highest BCUT2D eigenvalue weighted by atomic mass is 15.3. The second-order valence-corrected chi connectivity index (χ2v) is 5.80. The van der Waals surface area contributed by atoms with E-state index in [9.17, 15) is 0 Å². The van der Waals surface area contributed by atoms with E-state index < -0.39 is 0 Å². The molecule has 5 heteroatoms. The second kappa shape index (κ2) is 6.64. The van der Waals surface area contributed by atoms with Crippen LogP contribution < -0.4 is 0 Å². The molecule has 0 amide bonds. The first-order chi connectivity index (χ1) is 10.4. The van der Waals surface area contributed by atoms with E-state index >= 15 is 0 Å². The number of aryl methyl sites for hydroxylation is 1. The molecule has 1 heterocycles. The Kier molecular flexibility index (Phi) is 4.85. The quantitative estimate of drug-likeness (QED) is 0.645. The SMILES string of the molecule is Cc1nn(-c2ccccc2)c(C)c1CN=C(N(C)C)N(C)C. The lowest BCUT2D eigenvalue weighted by atomic mass is 10.2. The molecule has 0 aliphatic heterocycles. The Balaban J connectivity index is 2.34. The van der Waals surface area contributed by atoms with Gasteiger partial charge in [-0.25, -0.2) is 9.67 Å². The molecule has 0 aliphatic carbocycles. The third kappa shape index (κ3) is 3.30. The molecule has 1 aromatic carbocycles. The van der Waals surface area contributed by atoms with Crippen LogP contribution in [0, 0.1) is 13.8 Å². The van der Waals surface area contributed by atoms with Crippen LogP contribution in [0.2, 0.25) is 0 Å². The first-order valence-electron chi connectivity index (χ1n) is 7.41. The number of nitrogens with zero attached hydrogens (tertiary/aromatic N) is 5. The van der Waals surface area contributed by atoms with E-state index in [2.05, 4.69) is 24.2 Å². The number of hydrogen-bond acceptors (Lipinski definition) is 2. The van der Waals surface area contributed by atoms with Gasteiger partial charge >= 0.3 is 0 Å². The molecule has 22 heavy (non-hydrogen) atoms. The first kappa shape index (κ1) is 16.1. The topological polar surface area (TPSA) is 36.7 Å². The van der Waals surface area contributed by atoms with E-state index in [1.165, 1.54) is 5.56 Å². The molecular weight excluding hydrogens is 274 g/mol. The predicted octanol–water partition coefficient (Wildman–Crippen LogP) is 2.47. The van der Waals surface area contributed by atoms with Gasteiger partial charge in [-0.2, -0.15) is 5.10 Å². The Morgan fingerprint density at radius 1 is 1.05 bits per heavy atom. The summed E-state index contributed by atoms with van der Waals surface area (Å²) in [4.78, 5) is 8.78. The van der Waals surface area contributed by atoms with Crippen LogP contribution in [-0.4, -0.2) is 53.7 Å². The zero-order valence-electron chi connectivity index (χ0n) is 14.3. The van der Waals surface area contributed by atoms with Crippen molar-refractivity contribution in [2.45, 2.75) is 20.4 Å². The fourth-order valence-corrected chi connectivity index (χ4v) is 2.56. The smallest absolute Gasteiger partial charge is 0.195 e. The van der Waals surface area contributed by atoms with E-state index in [4.69, 9.17) is 4.99 Å². The molecule has 2 aromatic rings. The second-order valence-electron chi connectivity index (χ2n) is 5.80. The van der Waals surface area contributed by atoms with Crippen molar-refractivity contribution in [2.75, 3.05) is 28.2 Å². The highest BCUT2D eigenvalue weighted by Gasteiger charge is 2.13. The van der Waals surface area contributed by atoms with Gasteiger partial charge in [-0.15, -0.1) is 0 Å². The molecule has 0 atom stereocenters. The molecule has 2 rings (SSSR count). The number of aromatic nitrogens is 2. The minimum absolute atomic E-state index is 0.635. The summed E-state index contributed by atoms with van der Waals surface area (Å²) in [5, 5.41) is 4.67. The van der Waals surface area contributed by atoms with Crippen LogP contribution in [0.4, 0.5) is 0 Å². The standard InChI is InChI=1S/C17H25N5/c1-13-16(12-18-17(20(3)4)21(5)6)14(2)22(19-13)15-10-8-7-9-11-15/h7-11H,12H2,1-6H3.